The molecular formula is C25H23N9. The molecule has 3 N–H and O–H groups in total. The average molecular weight is 450 g/mol. The fraction of sp³-hybridized carbons (Fsp3) is 0.160. The fourth-order valence-corrected chi connectivity index (χ4v) is 4.19. The molecule has 0 aliphatic carbocycles. The van der Waals surface area contributed by atoms with E-state index < -0.39 is 0 Å². The molecule has 0 spiro atoms. The first-order valence-electron chi connectivity index (χ1n) is 11.2. The first kappa shape index (κ1) is 20.3. The quantitative estimate of drug-likeness (QED) is 0.352. The fourth-order valence-electron chi connectivity index (χ4n) is 4.19. The summed E-state index contributed by atoms with van der Waals surface area (Å²) >= 11 is 0. The Morgan fingerprint density at radius 3 is 2.76 bits per heavy atom. The molecule has 0 aliphatic rings. The van der Waals surface area contributed by atoms with E-state index in [0.29, 0.717) is 0 Å². The summed E-state index contributed by atoms with van der Waals surface area (Å²) in [4.78, 5) is 21.4. The van der Waals surface area contributed by atoms with E-state index >= 15 is 0 Å². The van der Waals surface area contributed by atoms with E-state index in [-0.39, 0.29) is 0 Å². The Morgan fingerprint density at radius 1 is 1.00 bits per heavy atom. The Morgan fingerprint density at radius 2 is 1.91 bits per heavy atom. The molecule has 168 valence electrons. The smallest absolute Gasteiger partial charge is 0.155 e. The summed E-state index contributed by atoms with van der Waals surface area (Å²) in [6.45, 7) is 5.75. The molecule has 0 fully saturated rings. The maximum atomic E-state index is 4.62. The van der Waals surface area contributed by atoms with Crippen LogP contribution < -0.4 is 5.32 Å². The number of aromatic nitrogens is 8. The predicted molar refractivity (Wildman–Crippen MR) is 131 cm³/mol. The van der Waals surface area contributed by atoms with Gasteiger partial charge in [0.2, 0.25) is 0 Å². The Kier molecular flexibility index (Phi) is 4.88. The molecule has 0 amide bonds. The van der Waals surface area contributed by atoms with E-state index in [2.05, 4.69) is 65.6 Å². The summed E-state index contributed by atoms with van der Waals surface area (Å²) in [7, 11) is 0. The van der Waals surface area contributed by atoms with E-state index in [4.69, 9.17) is 0 Å². The Bertz CT molecular complexity index is 1620. The Labute approximate surface area is 195 Å². The van der Waals surface area contributed by atoms with Crippen molar-refractivity contribution in [3.05, 3.63) is 72.8 Å². The van der Waals surface area contributed by atoms with Gasteiger partial charge in [0, 0.05) is 59.4 Å². The van der Waals surface area contributed by atoms with Gasteiger partial charge >= 0.3 is 0 Å². The highest BCUT2D eigenvalue weighted by molar-refractivity contribution is 5.97. The van der Waals surface area contributed by atoms with Crippen molar-refractivity contribution < 1.29 is 0 Å². The highest BCUT2D eigenvalue weighted by Crippen LogP contribution is 2.32. The van der Waals surface area contributed by atoms with Crippen molar-refractivity contribution in [3.63, 3.8) is 0 Å². The molecule has 6 aromatic rings. The second kappa shape index (κ2) is 8.20. The minimum absolute atomic E-state index is 0.734. The molecule has 0 atom stereocenters. The summed E-state index contributed by atoms with van der Waals surface area (Å²) in [5.41, 5.74) is 7.51. The predicted octanol–water partition coefficient (Wildman–Crippen LogP) is 4.17. The van der Waals surface area contributed by atoms with Crippen LogP contribution in [0.25, 0.3) is 50.3 Å². The number of imidazole rings is 1. The first-order valence-corrected chi connectivity index (χ1v) is 11.2. The van der Waals surface area contributed by atoms with Gasteiger partial charge in [-0.15, -0.1) is 0 Å². The number of hydrogen-bond donors (Lipinski definition) is 3. The number of aryl methyl sites for hydroxylation is 1. The minimum Gasteiger partial charge on any atom is -0.353 e. The summed E-state index contributed by atoms with van der Waals surface area (Å²) < 4.78 is 1.94. The third-order valence-corrected chi connectivity index (χ3v) is 5.86. The Balaban J connectivity index is 1.44. The molecule has 0 saturated carbocycles. The maximum Gasteiger partial charge on any atom is 0.155 e. The van der Waals surface area contributed by atoms with Crippen LogP contribution in [0.1, 0.15) is 18.2 Å². The van der Waals surface area contributed by atoms with Crippen molar-refractivity contribution in [3.8, 4) is 28.3 Å². The molecule has 0 saturated heterocycles. The lowest BCUT2D eigenvalue weighted by Crippen LogP contribution is -2.11. The minimum atomic E-state index is 0.734. The Hall–Kier alpha value is -4.37. The van der Waals surface area contributed by atoms with Crippen molar-refractivity contribution in [2.45, 2.75) is 20.4 Å². The molecule has 6 rings (SSSR count). The van der Waals surface area contributed by atoms with Crippen LogP contribution in [0.2, 0.25) is 0 Å². The van der Waals surface area contributed by atoms with E-state index in [1.54, 1.807) is 12.5 Å². The van der Waals surface area contributed by atoms with Crippen LogP contribution in [0.5, 0.6) is 0 Å². The van der Waals surface area contributed by atoms with Gasteiger partial charge in [0.1, 0.15) is 17.8 Å². The van der Waals surface area contributed by atoms with Crippen LogP contribution in [0, 0.1) is 6.92 Å². The summed E-state index contributed by atoms with van der Waals surface area (Å²) in [6.07, 6.45) is 11.1. The van der Waals surface area contributed by atoms with Gasteiger partial charge < -0.3 is 10.3 Å². The second-order valence-electron chi connectivity index (χ2n) is 8.26. The maximum absolute atomic E-state index is 4.62. The molecule has 0 unspecified atom stereocenters. The lowest BCUT2D eigenvalue weighted by molar-refractivity contribution is 0.724. The van der Waals surface area contributed by atoms with Crippen LogP contribution >= 0.6 is 0 Å². The van der Waals surface area contributed by atoms with Gasteiger partial charge in [-0.05, 0) is 43.3 Å². The van der Waals surface area contributed by atoms with Crippen molar-refractivity contribution in [1.82, 2.24) is 45.0 Å². The van der Waals surface area contributed by atoms with Gasteiger partial charge in [-0.1, -0.05) is 6.92 Å². The lowest BCUT2D eigenvalue weighted by Gasteiger charge is -2.06. The highest BCUT2D eigenvalue weighted by atomic mass is 15.2. The largest absolute Gasteiger partial charge is 0.353 e. The van der Waals surface area contributed by atoms with Crippen molar-refractivity contribution in [2.24, 2.45) is 0 Å². The molecule has 0 bridgehead atoms. The molecular weight excluding hydrogens is 426 g/mol. The number of hydrogen-bond acceptors (Lipinski definition) is 6. The zero-order valence-corrected chi connectivity index (χ0v) is 18.9. The number of nitrogens with zero attached hydrogens (tertiary/aromatic N) is 6. The van der Waals surface area contributed by atoms with Crippen LogP contribution in [-0.2, 0) is 6.54 Å². The van der Waals surface area contributed by atoms with Gasteiger partial charge in [-0.2, -0.15) is 5.10 Å². The van der Waals surface area contributed by atoms with Crippen molar-refractivity contribution >= 4 is 21.9 Å². The highest BCUT2D eigenvalue weighted by Gasteiger charge is 2.16. The van der Waals surface area contributed by atoms with Gasteiger partial charge in [-0.25, -0.2) is 15.0 Å². The lowest BCUT2D eigenvalue weighted by atomic mass is 10.1. The second-order valence-corrected chi connectivity index (χ2v) is 8.26. The average Bonchev–Trinajstić information content (AvgIpc) is 3.59. The van der Waals surface area contributed by atoms with E-state index in [9.17, 15) is 0 Å². The monoisotopic (exact) mass is 449 g/mol. The van der Waals surface area contributed by atoms with Gasteiger partial charge in [0.25, 0.3) is 0 Å². The zero-order valence-electron chi connectivity index (χ0n) is 18.9. The van der Waals surface area contributed by atoms with Gasteiger partial charge in [-0.3, -0.25) is 14.6 Å². The zero-order chi connectivity index (χ0) is 23.1. The molecule has 0 aliphatic heterocycles. The topological polar surface area (TPSA) is 113 Å². The third-order valence-electron chi connectivity index (χ3n) is 5.86. The number of pyridine rings is 3. The number of fused-ring (bicyclic) bond motifs is 2. The standard InChI is InChI=1S/C25H23N9/c1-3-26-9-16-6-17(11-27-10-16)18-7-20-23(32-33-24(20)29-12-18)22-8-19-21(31-22)4-5-28-25(19)34-13-15(2)30-14-34/h4-8,10-14,26,31H,3,9H2,1-2H3,(H,29,32,33). The van der Waals surface area contributed by atoms with Crippen LogP contribution in [0.15, 0.2) is 61.6 Å². The molecule has 0 radical (unpaired) electrons. The number of nitrogens with one attached hydrogen (secondary N) is 3. The molecule has 0 aromatic carbocycles. The summed E-state index contributed by atoms with van der Waals surface area (Å²) in [6, 6.07) is 8.30. The van der Waals surface area contributed by atoms with Gasteiger partial charge in [0.15, 0.2) is 5.65 Å². The normalized spacial score (nSPS) is 11.6. The molecule has 6 aromatic heterocycles. The van der Waals surface area contributed by atoms with Crippen LogP contribution in [0.3, 0.4) is 0 Å². The van der Waals surface area contributed by atoms with Crippen LogP contribution in [-0.4, -0.2) is 46.2 Å². The summed E-state index contributed by atoms with van der Waals surface area (Å²) in [5, 5.41) is 12.9. The first-order chi connectivity index (χ1) is 16.7. The van der Waals surface area contributed by atoms with Crippen LogP contribution in [0.4, 0.5) is 0 Å². The number of rotatable bonds is 6. The van der Waals surface area contributed by atoms with E-state index in [1.165, 1.54) is 0 Å². The molecule has 6 heterocycles. The summed E-state index contributed by atoms with van der Waals surface area (Å²) in [5.74, 6) is 0.822. The molecule has 9 nitrogen and oxygen atoms in total. The third kappa shape index (κ3) is 3.52. The SMILES string of the molecule is CCNCc1cncc(-c2cnc3[nH]nc(-c4cc5c(-n6cnc(C)c6)nccc5[nH]4)c3c2)c1. The number of H-pyrrole nitrogens is 2. The van der Waals surface area contributed by atoms with E-state index in [0.717, 1.165) is 74.6 Å². The van der Waals surface area contributed by atoms with E-state index in [1.807, 2.05) is 42.3 Å². The molecule has 9 heteroatoms. The van der Waals surface area contributed by atoms with Crippen molar-refractivity contribution in [2.75, 3.05) is 6.54 Å². The van der Waals surface area contributed by atoms with Crippen molar-refractivity contribution in [1.29, 1.82) is 0 Å². The number of aromatic amines is 2. The molecule has 34 heavy (non-hydrogen) atoms. The van der Waals surface area contributed by atoms with Gasteiger partial charge in [0.05, 0.1) is 16.9 Å².